The van der Waals surface area contributed by atoms with E-state index in [1.54, 1.807) is 4.90 Å². The fraction of sp³-hybridized carbons (Fsp3) is 0.417. The summed E-state index contributed by atoms with van der Waals surface area (Å²) in [5.41, 5.74) is 1.16. The Bertz CT molecular complexity index is 752. The van der Waals surface area contributed by atoms with Gasteiger partial charge < -0.3 is 10.2 Å². The molecule has 0 aliphatic heterocycles. The molecule has 0 aliphatic rings. The fourth-order valence-corrected chi connectivity index (χ4v) is 3.89. The molecule has 0 spiro atoms. The minimum absolute atomic E-state index is 0.000866. The van der Waals surface area contributed by atoms with Crippen molar-refractivity contribution >= 4 is 23.6 Å². The first-order valence-electron chi connectivity index (χ1n) is 10.4. The topological polar surface area (TPSA) is 49.4 Å². The largest absolute Gasteiger partial charge is 0.352 e. The third-order valence-electron chi connectivity index (χ3n) is 4.98. The first-order chi connectivity index (χ1) is 14.0. The van der Waals surface area contributed by atoms with Crippen LogP contribution in [0.1, 0.15) is 39.2 Å². The van der Waals surface area contributed by atoms with Gasteiger partial charge in [-0.1, -0.05) is 62.4 Å². The Morgan fingerprint density at radius 2 is 1.59 bits per heavy atom. The Balaban J connectivity index is 2.11. The molecule has 0 fully saturated rings. The van der Waals surface area contributed by atoms with Crippen LogP contribution in [0.3, 0.4) is 0 Å². The second kappa shape index (κ2) is 12.3. The van der Waals surface area contributed by atoms with Gasteiger partial charge in [0.25, 0.3) is 0 Å². The van der Waals surface area contributed by atoms with Crippen LogP contribution in [0, 0.1) is 0 Å². The van der Waals surface area contributed by atoms with Crippen molar-refractivity contribution in [1.82, 2.24) is 10.2 Å². The van der Waals surface area contributed by atoms with E-state index in [1.807, 2.05) is 69.3 Å². The number of hydrogen-bond acceptors (Lipinski definition) is 3. The van der Waals surface area contributed by atoms with E-state index in [-0.39, 0.29) is 17.9 Å². The molecule has 0 saturated carbocycles. The molecule has 0 bridgehead atoms. The average molecular weight is 413 g/mol. The summed E-state index contributed by atoms with van der Waals surface area (Å²) in [6, 6.07) is 19.6. The van der Waals surface area contributed by atoms with Crippen molar-refractivity contribution in [2.45, 2.75) is 57.0 Å². The molecule has 0 aromatic heterocycles. The van der Waals surface area contributed by atoms with Gasteiger partial charge in [-0.15, -0.1) is 11.8 Å². The summed E-state index contributed by atoms with van der Waals surface area (Å²) in [7, 11) is 0. The van der Waals surface area contributed by atoms with E-state index in [0.717, 1.165) is 23.3 Å². The Kier molecular flexibility index (Phi) is 9.78. The van der Waals surface area contributed by atoms with Gasteiger partial charge in [0.05, 0.1) is 5.75 Å². The third-order valence-corrected chi connectivity index (χ3v) is 5.97. The molecular weight excluding hydrogens is 380 g/mol. The molecule has 2 rings (SSSR count). The highest BCUT2D eigenvalue weighted by molar-refractivity contribution is 8.00. The van der Waals surface area contributed by atoms with Gasteiger partial charge in [0.1, 0.15) is 6.04 Å². The van der Waals surface area contributed by atoms with Crippen LogP contribution in [0.15, 0.2) is 65.6 Å². The molecule has 2 aromatic rings. The summed E-state index contributed by atoms with van der Waals surface area (Å²) in [4.78, 5) is 28.8. The maximum atomic E-state index is 13.1. The van der Waals surface area contributed by atoms with Crippen molar-refractivity contribution < 1.29 is 9.59 Å². The molecule has 0 heterocycles. The maximum absolute atomic E-state index is 13.1. The van der Waals surface area contributed by atoms with Crippen LogP contribution in [0.25, 0.3) is 0 Å². The summed E-state index contributed by atoms with van der Waals surface area (Å²) in [6.07, 6.45) is 2.19. The zero-order chi connectivity index (χ0) is 21.1. The summed E-state index contributed by atoms with van der Waals surface area (Å²) in [6.45, 7) is 6.53. The van der Waals surface area contributed by atoms with Gasteiger partial charge in [-0.25, -0.2) is 0 Å². The van der Waals surface area contributed by atoms with E-state index in [0.29, 0.717) is 18.7 Å². The Hall–Kier alpha value is -2.27. The lowest BCUT2D eigenvalue weighted by molar-refractivity contribution is -0.139. The molecule has 156 valence electrons. The van der Waals surface area contributed by atoms with Gasteiger partial charge in [0.2, 0.25) is 11.8 Å². The molecule has 1 N–H and O–H groups in total. The fourth-order valence-electron chi connectivity index (χ4n) is 3.08. The normalized spacial score (nSPS) is 12.8. The number of rotatable bonds is 11. The van der Waals surface area contributed by atoms with Crippen molar-refractivity contribution in [2.24, 2.45) is 0 Å². The van der Waals surface area contributed by atoms with Crippen molar-refractivity contribution in [1.29, 1.82) is 0 Å². The van der Waals surface area contributed by atoms with Crippen molar-refractivity contribution in [3.63, 3.8) is 0 Å². The third kappa shape index (κ3) is 7.58. The number of carbonyl (C=O) groups is 2. The van der Waals surface area contributed by atoms with Crippen LogP contribution >= 0.6 is 11.8 Å². The lowest BCUT2D eigenvalue weighted by atomic mass is 10.1. The van der Waals surface area contributed by atoms with E-state index < -0.39 is 6.04 Å². The lowest BCUT2D eigenvalue weighted by Gasteiger charge is -2.31. The quantitative estimate of drug-likeness (QED) is 0.551. The van der Waals surface area contributed by atoms with Crippen LogP contribution in [0.5, 0.6) is 0 Å². The first kappa shape index (κ1) is 23.0. The molecule has 0 aliphatic carbocycles. The molecule has 0 radical (unpaired) electrons. The zero-order valence-electron chi connectivity index (χ0n) is 17.6. The summed E-state index contributed by atoms with van der Waals surface area (Å²) >= 11 is 1.51. The van der Waals surface area contributed by atoms with Crippen LogP contribution in [0.4, 0.5) is 0 Å². The molecule has 2 atom stereocenters. The van der Waals surface area contributed by atoms with E-state index in [4.69, 9.17) is 0 Å². The zero-order valence-corrected chi connectivity index (χ0v) is 18.5. The number of thioether (sulfide) groups is 1. The summed E-state index contributed by atoms with van der Waals surface area (Å²) in [5, 5.41) is 3.05. The predicted octanol–water partition coefficient (Wildman–Crippen LogP) is 4.54. The number of carbonyl (C=O) groups excluding carboxylic acids is 2. The van der Waals surface area contributed by atoms with Crippen LogP contribution in [-0.4, -0.2) is 41.1 Å². The number of hydrogen-bond donors (Lipinski definition) is 1. The first-order valence-corrected chi connectivity index (χ1v) is 11.3. The number of benzene rings is 2. The summed E-state index contributed by atoms with van der Waals surface area (Å²) in [5.74, 6) is 0.264. The van der Waals surface area contributed by atoms with E-state index in [2.05, 4.69) is 17.4 Å². The molecule has 0 saturated heterocycles. The SMILES string of the molecule is CC[C@H](C(=O)N[C@@H](C)CC)N(CCc1ccccc1)C(=O)CSc1ccccc1. The maximum Gasteiger partial charge on any atom is 0.243 e. The van der Waals surface area contributed by atoms with Crippen LogP contribution in [-0.2, 0) is 16.0 Å². The number of nitrogens with one attached hydrogen (secondary N) is 1. The van der Waals surface area contributed by atoms with E-state index in [9.17, 15) is 9.59 Å². The van der Waals surface area contributed by atoms with Crippen LogP contribution < -0.4 is 5.32 Å². The Labute approximate surface area is 179 Å². The highest BCUT2D eigenvalue weighted by Crippen LogP contribution is 2.19. The van der Waals surface area contributed by atoms with E-state index in [1.165, 1.54) is 11.8 Å². The van der Waals surface area contributed by atoms with Gasteiger partial charge in [-0.05, 0) is 43.9 Å². The predicted molar refractivity (Wildman–Crippen MR) is 121 cm³/mol. The van der Waals surface area contributed by atoms with Gasteiger partial charge in [0.15, 0.2) is 0 Å². The molecule has 5 heteroatoms. The molecule has 4 nitrogen and oxygen atoms in total. The molecule has 0 unspecified atom stereocenters. The monoisotopic (exact) mass is 412 g/mol. The van der Waals surface area contributed by atoms with Gasteiger partial charge in [-0.2, -0.15) is 0 Å². The molecule has 2 aromatic carbocycles. The standard InChI is InChI=1S/C24H32N2O2S/c1-4-19(3)25-24(28)22(5-2)26(17-16-20-12-8-6-9-13-20)23(27)18-29-21-14-10-7-11-15-21/h6-15,19,22H,4-5,16-18H2,1-3H3,(H,25,28)/t19-,22+/m0/s1. The van der Waals surface area contributed by atoms with E-state index >= 15 is 0 Å². The highest BCUT2D eigenvalue weighted by Gasteiger charge is 2.28. The van der Waals surface area contributed by atoms with Gasteiger partial charge >= 0.3 is 0 Å². The van der Waals surface area contributed by atoms with Crippen molar-refractivity contribution in [3.05, 3.63) is 66.2 Å². The smallest absolute Gasteiger partial charge is 0.243 e. The number of nitrogens with zero attached hydrogens (tertiary/aromatic N) is 1. The highest BCUT2D eigenvalue weighted by atomic mass is 32.2. The van der Waals surface area contributed by atoms with Crippen LogP contribution in [0.2, 0.25) is 0 Å². The average Bonchev–Trinajstić information content (AvgIpc) is 2.76. The molecule has 2 amide bonds. The minimum atomic E-state index is -0.448. The van der Waals surface area contributed by atoms with Crippen molar-refractivity contribution in [2.75, 3.05) is 12.3 Å². The molecule has 29 heavy (non-hydrogen) atoms. The summed E-state index contributed by atoms with van der Waals surface area (Å²) < 4.78 is 0. The van der Waals surface area contributed by atoms with Crippen molar-refractivity contribution in [3.8, 4) is 0 Å². The molecular formula is C24H32N2O2S. The lowest BCUT2D eigenvalue weighted by Crippen LogP contribution is -2.52. The van der Waals surface area contributed by atoms with Gasteiger partial charge in [-0.3, -0.25) is 9.59 Å². The second-order valence-corrected chi connectivity index (χ2v) is 8.22. The Morgan fingerprint density at radius 1 is 0.966 bits per heavy atom. The van der Waals surface area contributed by atoms with Gasteiger partial charge in [0, 0.05) is 17.5 Å². The minimum Gasteiger partial charge on any atom is -0.352 e. The Morgan fingerprint density at radius 3 is 2.17 bits per heavy atom. The number of amides is 2. The second-order valence-electron chi connectivity index (χ2n) is 7.17.